The van der Waals surface area contributed by atoms with Crippen LogP contribution in [0.3, 0.4) is 0 Å². The Morgan fingerprint density at radius 1 is 1.29 bits per heavy atom. The van der Waals surface area contributed by atoms with Crippen molar-refractivity contribution in [2.45, 2.75) is 25.9 Å². The standard InChI is InChI=1S/C13H16N2O2/c1-2-15-12(16)8-11(13(15)17)14-9-10-6-4-3-5-7-10/h3-7,11,14H,2,8-9H2,1H3. The normalized spacial score (nSPS) is 20.1. The highest BCUT2D eigenvalue weighted by Gasteiger charge is 2.36. The van der Waals surface area contributed by atoms with Gasteiger partial charge in [-0.1, -0.05) is 30.3 Å². The maximum Gasteiger partial charge on any atom is 0.246 e. The number of benzene rings is 1. The van der Waals surface area contributed by atoms with Crippen LogP contribution in [-0.4, -0.2) is 29.3 Å². The minimum absolute atomic E-state index is 0.0805. The maximum absolute atomic E-state index is 11.8. The largest absolute Gasteiger partial charge is 0.301 e. The summed E-state index contributed by atoms with van der Waals surface area (Å²) < 4.78 is 0. The highest BCUT2D eigenvalue weighted by Crippen LogP contribution is 2.13. The quantitative estimate of drug-likeness (QED) is 0.785. The summed E-state index contributed by atoms with van der Waals surface area (Å²) in [5.41, 5.74) is 1.11. The SMILES string of the molecule is CCN1C(=O)CC(NCc2ccccc2)C1=O. The molecule has 0 spiro atoms. The van der Waals surface area contributed by atoms with Gasteiger partial charge in [-0.2, -0.15) is 0 Å². The molecule has 0 bridgehead atoms. The van der Waals surface area contributed by atoms with Crippen LogP contribution in [0.5, 0.6) is 0 Å². The van der Waals surface area contributed by atoms with Gasteiger partial charge in [0.05, 0.1) is 12.5 Å². The molecule has 1 atom stereocenters. The Kier molecular flexibility index (Phi) is 3.54. The zero-order valence-electron chi connectivity index (χ0n) is 9.85. The van der Waals surface area contributed by atoms with Gasteiger partial charge in [0.1, 0.15) is 0 Å². The van der Waals surface area contributed by atoms with Gasteiger partial charge < -0.3 is 5.32 Å². The molecule has 4 heteroatoms. The molecule has 2 rings (SSSR count). The zero-order chi connectivity index (χ0) is 12.3. The van der Waals surface area contributed by atoms with Crippen LogP contribution in [0.1, 0.15) is 18.9 Å². The number of nitrogens with one attached hydrogen (secondary N) is 1. The van der Waals surface area contributed by atoms with Crippen LogP contribution in [0, 0.1) is 0 Å². The van der Waals surface area contributed by atoms with Crippen molar-refractivity contribution in [3.8, 4) is 0 Å². The monoisotopic (exact) mass is 232 g/mol. The summed E-state index contributed by atoms with van der Waals surface area (Å²) in [4.78, 5) is 24.6. The van der Waals surface area contributed by atoms with E-state index in [1.165, 1.54) is 4.90 Å². The molecule has 1 aromatic rings. The summed E-state index contributed by atoms with van der Waals surface area (Å²) in [6.45, 7) is 2.89. The Morgan fingerprint density at radius 2 is 2.00 bits per heavy atom. The van der Waals surface area contributed by atoms with Gasteiger partial charge in [0.25, 0.3) is 0 Å². The average molecular weight is 232 g/mol. The van der Waals surface area contributed by atoms with Gasteiger partial charge in [-0.25, -0.2) is 0 Å². The van der Waals surface area contributed by atoms with Crippen molar-refractivity contribution in [1.29, 1.82) is 0 Å². The second-order valence-electron chi connectivity index (χ2n) is 4.10. The fraction of sp³-hybridized carbons (Fsp3) is 0.385. The van der Waals surface area contributed by atoms with E-state index in [2.05, 4.69) is 5.32 Å². The molecule has 17 heavy (non-hydrogen) atoms. The second kappa shape index (κ2) is 5.10. The number of likely N-dealkylation sites (tertiary alicyclic amines) is 1. The van der Waals surface area contributed by atoms with Crippen LogP contribution >= 0.6 is 0 Å². The molecule has 0 aliphatic carbocycles. The fourth-order valence-electron chi connectivity index (χ4n) is 2.01. The first-order valence-electron chi connectivity index (χ1n) is 5.84. The van der Waals surface area contributed by atoms with Crippen molar-refractivity contribution in [1.82, 2.24) is 10.2 Å². The Hall–Kier alpha value is -1.68. The molecule has 90 valence electrons. The van der Waals surface area contributed by atoms with Crippen LogP contribution in [-0.2, 0) is 16.1 Å². The summed E-state index contributed by atoms with van der Waals surface area (Å²) in [5, 5.41) is 3.13. The predicted octanol–water partition coefficient (Wildman–Crippen LogP) is 0.924. The van der Waals surface area contributed by atoms with Gasteiger partial charge in [-0.15, -0.1) is 0 Å². The van der Waals surface area contributed by atoms with Crippen molar-refractivity contribution in [2.24, 2.45) is 0 Å². The summed E-state index contributed by atoms with van der Waals surface area (Å²) in [7, 11) is 0. The van der Waals surface area contributed by atoms with Crippen LogP contribution < -0.4 is 5.32 Å². The number of hydrogen-bond acceptors (Lipinski definition) is 3. The molecule has 1 aliphatic heterocycles. The van der Waals surface area contributed by atoms with Gasteiger partial charge in [0.15, 0.2) is 0 Å². The Balaban J connectivity index is 1.93. The van der Waals surface area contributed by atoms with Crippen molar-refractivity contribution >= 4 is 11.8 Å². The van der Waals surface area contributed by atoms with E-state index in [1.807, 2.05) is 37.3 Å². The number of imide groups is 1. The lowest BCUT2D eigenvalue weighted by atomic mass is 10.2. The molecular formula is C13H16N2O2. The van der Waals surface area contributed by atoms with Crippen molar-refractivity contribution < 1.29 is 9.59 Å². The molecule has 1 saturated heterocycles. The highest BCUT2D eigenvalue weighted by atomic mass is 16.2. The summed E-state index contributed by atoms with van der Waals surface area (Å²) in [6.07, 6.45) is 0.277. The van der Waals surface area contributed by atoms with Gasteiger partial charge in [-0.3, -0.25) is 14.5 Å². The van der Waals surface area contributed by atoms with Crippen molar-refractivity contribution in [3.05, 3.63) is 35.9 Å². The molecule has 1 aromatic carbocycles. The van der Waals surface area contributed by atoms with Gasteiger partial charge in [-0.05, 0) is 12.5 Å². The van der Waals surface area contributed by atoms with E-state index in [1.54, 1.807) is 0 Å². The van der Waals surface area contributed by atoms with E-state index < -0.39 is 0 Å². The number of amides is 2. The summed E-state index contributed by atoms with van der Waals surface area (Å²) in [6, 6.07) is 9.49. The number of carbonyl (C=O) groups excluding carboxylic acids is 2. The second-order valence-corrected chi connectivity index (χ2v) is 4.10. The van der Waals surface area contributed by atoms with Gasteiger partial charge in [0.2, 0.25) is 11.8 Å². The number of likely N-dealkylation sites (N-methyl/N-ethyl adjacent to an activating group) is 1. The smallest absolute Gasteiger partial charge is 0.246 e. The zero-order valence-corrected chi connectivity index (χ0v) is 9.85. The first-order valence-corrected chi connectivity index (χ1v) is 5.84. The predicted molar refractivity (Wildman–Crippen MR) is 64.1 cm³/mol. The van der Waals surface area contributed by atoms with Crippen LogP contribution in [0.15, 0.2) is 30.3 Å². The number of carbonyl (C=O) groups is 2. The average Bonchev–Trinajstić information content (AvgIpc) is 2.63. The Morgan fingerprint density at radius 3 is 2.59 bits per heavy atom. The molecule has 1 N–H and O–H groups in total. The van der Waals surface area contributed by atoms with E-state index in [0.717, 1.165) is 5.56 Å². The molecule has 0 saturated carbocycles. The molecule has 1 fully saturated rings. The lowest BCUT2D eigenvalue weighted by Crippen LogP contribution is -2.38. The lowest BCUT2D eigenvalue weighted by Gasteiger charge is -2.13. The third-order valence-electron chi connectivity index (χ3n) is 2.96. The van der Waals surface area contributed by atoms with Crippen LogP contribution in [0.2, 0.25) is 0 Å². The lowest BCUT2D eigenvalue weighted by molar-refractivity contribution is -0.138. The maximum atomic E-state index is 11.8. The molecule has 2 amide bonds. The van der Waals surface area contributed by atoms with Crippen molar-refractivity contribution in [2.75, 3.05) is 6.54 Å². The summed E-state index contributed by atoms with van der Waals surface area (Å²) >= 11 is 0. The molecular weight excluding hydrogens is 216 g/mol. The minimum atomic E-state index is -0.359. The number of hydrogen-bond donors (Lipinski definition) is 1. The first kappa shape index (κ1) is 11.8. The Labute approximate surface area is 101 Å². The molecule has 1 aliphatic rings. The fourth-order valence-corrected chi connectivity index (χ4v) is 2.01. The van der Waals surface area contributed by atoms with E-state index in [4.69, 9.17) is 0 Å². The van der Waals surface area contributed by atoms with Crippen LogP contribution in [0.25, 0.3) is 0 Å². The van der Waals surface area contributed by atoms with Gasteiger partial charge in [0, 0.05) is 13.1 Å². The molecule has 1 heterocycles. The van der Waals surface area contributed by atoms with E-state index in [0.29, 0.717) is 13.1 Å². The number of rotatable bonds is 4. The third-order valence-corrected chi connectivity index (χ3v) is 2.96. The molecule has 4 nitrogen and oxygen atoms in total. The third kappa shape index (κ3) is 2.53. The minimum Gasteiger partial charge on any atom is -0.301 e. The topological polar surface area (TPSA) is 49.4 Å². The van der Waals surface area contributed by atoms with Crippen molar-refractivity contribution in [3.63, 3.8) is 0 Å². The molecule has 1 unspecified atom stereocenters. The first-order chi connectivity index (χ1) is 8.22. The highest BCUT2D eigenvalue weighted by molar-refractivity contribution is 6.05. The number of nitrogens with zero attached hydrogens (tertiary/aromatic N) is 1. The van der Waals surface area contributed by atoms with E-state index in [-0.39, 0.29) is 24.3 Å². The summed E-state index contributed by atoms with van der Waals surface area (Å²) in [5.74, 6) is -0.184. The molecule has 0 aromatic heterocycles. The van der Waals surface area contributed by atoms with E-state index in [9.17, 15) is 9.59 Å². The van der Waals surface area contributed by atoms with Crippen LogP contribution in [0.4, 0.5) is 0 Å². The molecule has 0 radical (unpaired) electrons. The van der Waals surface area contributed by atoms with E-state index >= 15 is 0 Å². The van der Waals surface area contributed by atoms with Gasteiger partial charge >= 0.3 is 0 Å². The Bertz CT molecular complexity index is 417.